The van der Waals surface area contributed by atoms with Crippen molar-refractivity contribution in [2.24, 2.45) is 0 Å². The quantitative estimate of drug-likeness (QED) is 0.845. The van der Waals surface area contributed by atoms with Crippen LogP contribution in [0.5, 0.6) is 0 Å². The SMILES string of the molecule is CCC[C@@H](NS(=O)(=O)c1c(C)c(C)cc(C)c1C)C(=O)O. The predicted molar refractivity (Wildman–Crippen MR) is 82.0 cm³/mol. The van der Waals surface area contributed by atoms with Gasteiger partial charge >= 0.3 is 5.97 Å². The van der Waals surface area contributed by atoms with Crippen LogP contribution in [-0.2, 0) is 14.8 Å². The predicted octanol–water partition coefficient (Wildman–Crippen LogP) is 2.45. The maximum Gasteiger partial charge on any atom is 0.321 e. The second kappa shape index (κ2) is 6.58. The van der Waals surface area contributed by atoms with E-state index >= 15 is 0 Å². The molecule has 2 N–H and O–H groups in total. The van der Waals surface area contributed by atoms with Gasteiger partial charge in [-0.2, -0.15) is 4.72 Å². The van der Waals surface area contributed by atoms with Gasteiger partial charge in [-0.25, -0.2) is 8.42 Å². The number of hydrogen-bond acceptors (Lipinski definition) is 3. The van der Waals surface area contributed by atoms with Gasteiger partial charge in [-0.05, 0) is 56.4 Å². The Morgan fingerprint density at radius 1 is 1.19 bits per heavy atom. The van der Waals surface area contributed by atoms with Crippen LogP contribution >= 0.6 is 0 Å². The third-order valence-electron chi connectivity index (χ3n) is 3.74. The molecule has 118 valence electrons. The van der Waals surface area contributed by atoms with Crippen molar-refractivity contribution in [3.05, 3.63) is 28.3 Å². The van der Waals surface area contributed by atoms with E-state index in [1.165, 1.54) is 0 Å². The molecule has 0 spiro atoms. The molecule has 0 radical (unpaired) electrons. The number of benzene rings is 1. The molecule has 1 aromatic rings. The minimum absolute atomic E-state index is 0.197. The average Bonchev–Trinajstić information content (AvgIpc) is 2.35. The molecule has 5 nitrogen and oxygen atoms in total. The fraction of sp³-hybridized carbons (Fsp3) is 0.533. The van der Waals surface area contributed by atoms with Gasteiger partial charge in [0.15, 0.2) is 0 Å². The van der Waals surface area contributed by atoms with E-state index < -0.39 is 22.0 Å². The zero-order chi connectivity index (χ0) is 16.4. The van der Waals surface area contributed by atoms with Crippen LogP contribution in [0, 0.1) is 27.7 Å². The lowest BCUT2D eigenvalue weighted by Crippen LogP contribution is -2.41. The largest absolute Gasteiger partial charge is 0.480 e. The van der Waals surface area contributed by atoms with Crippen LogP contribution in [0.25, 0.3) is 0 Å². The van der Waals surface area contributed by atoms with E-state index in [1.54, 1.807) is 13.8 Å². The first-order valence-electron chi connectivity index (χ1n) is 6.94. The van der Waals surface area contributed by atoms with Gasteiger partial charge in [0.25, 0.3) is 0 Å². The summed E-state index contributed by atoms with van der Waals surface area (Å²) in [5, 5.41) is 9.14. The van der Waals surface area contributed by atoms with Gasteiger partial charge < -0.3 is 5.11 Å². The highest BCUT2D eigenvalue weighted by atomic mass is 32.2. The van der Waals surface area contributed by atoms with Crippen LogP contribution in [0.1, 0.15) is 42.0 Å². The van der Waals surface area contributed by atoms with Crippen molar-refractivity contribution < 1.29 is 18.3 Å². The molecule has 1 rings (SSSR count). The summed E-state index contributed by atoms with van der Waals surface area (Å²) < 4.78 is 27.5. The summed E-state index contributed by atoms with van der Waals surface area (Å²) in [6.07, 6.45) is 0.849. The number of carboxylic acid groups (broad SMARTS) is 1. The number of sulfonamides is 1. The normalized spacial score (nSPS) is 13.2. The van der Waals surface area contributed by atoms with Gasteiger partial charge in [-0.1, -0.05) is 19.4 Å². The van der Waals surface area contributed by atoms with Crippen LogP contribution in [0.2, 0.25) is 0 Å². The van der Waals surface area contributed by atoms with Gasteiger partial charge in [-0.15, -0.1) is 0 Å². The van der Waals surface area contributed by atoms with Crippen molar-refractivity contribution in [2.75, 3.05) is 0 Å². The maximum atomic E-state index is 12.6. The van der Waals surface area contributed by atoms with Gasteiger partial charge in [0.05, 0.1) is 4.90 Å². The number of aliphatic carboxylic acids is 1. The topological polar surface area (TPSA) is 83.5 Å². The van der Waals surface area contributed by atoms with Crippen molar-refractivity contribution in [3.63, 3.8) is 0 Å². The molecule has 0 saturated carbocycles. The molecule has 0 aromatic heterocycles. The van der Waals surface area contributed by atoms with E-state index in [0.717, 1.165) is 11.1 Å². The third-order valence-corrected chi connectivity index (χ3v) is 5.48. The molecule has 0 fully saturated rings. The summed E-state index contributed by atoms with van der Waals surface area (Å²) >= 11 is 0. The van der Waals surface area contributed by atoms with E-state index in [1.807, 2.05) is 26.8 Å². The zero-order valence-corrected chi connectivity index (χ0v) is 14.0. The molecular weight excluding hydrogens is 290 g/mol. The zero-order valence-electron chi connectivity index (χ0n) is 13.1. The Labute approximate surface area is 126 Å². The Kier molecular flexibility index (Phi) is 5.53. The first kappa shape index (κ1) is 17.7. The average molecular weight is 313 g/mol. The smallest absolute Gasteiger partial charge is 0.321 e. The van der Waals surface area contributed by atoms with Crippen molar-refractivity contribution in [1.29, 1.82) is 0 Å². The molecule has 0 bridgehead atoms. The molecule has 0 unspecified atom stereocenters. The standard InChI is InChI=1S/C15H23NO4S/c1-6-7-13(15(17)18)16-21(19,20)14-11(4)9(2)8-10(3)12(14)5/h8,13,16H,6-7H2,1-5H3,(H,17,18)/t13-/m1/s1. The fourth-order valence-corrected chi connectivity index (χ4v) is 4.19. The van der Waals surface area contributed by atoms with Crippen LogP contribution < -0.4 is 4.72 Å². The molecule has 21 heavy (non-hydrogen) atoms. The van der Waals surface area contributed by atoms with E-state index in [9.17, 15) is 13.2 Å². The lowest BCUT2D eigenvalue weighted by molar-refractivity contribution is -0.139. The highest BCUT2D eigenvalue weighted by molar-refractivity contribution is 7.89. The Hall–Kier alpha value is -1.40. The number of carbonyl (C=O) groups is 1. The van der Waals surface area contributed by atoms with E-state index in [-0.39, 0.29) is 11.3 Å². The van der Waals surface area contributed by atoms with Crippen LogP contribution in [0.3, 0.4) is 0 Å². The summed E-state index contributed by atoms with van der Waals surface area (Å²) in [5.74, 6) is -1.15. The molecule has 0 amide bonds. The number of nitrogens with one attached hydrogen (secondary N) is 1. The van der Waals surface area contributed by atoms with Gasteiger partial charge in [0, 0.05) is 0 Å². The third kappa shape index (κ3) is 3.83. The number of aryl methyl sites for hydroxylation is 2. The first-order valence-corrected chi connectivity index (χ1v) is 8.42. The Bertz CT molecular complexity index is 624. The van der Waals surface area contributed by atoms with Crippen molar-refractivity contribution in [1.82, 2.24) is 4.72 Å². The number of carboxylic acids is 1. The Morgan fingerprint density at radius 2 is 1.67 bits per heavy atom. The van der Waals surface area contributed by atoms with E-state index in [0.29, 0.717) is 17.5 Å². The van der Waals surface area contributed by atoms with Gasteiger partial charge in [-0.3, -0.25) is 4.79 Å². The summed E-state index contributed by atoms with van der Waals surface area (Å²) in [4.78, 5) is 11.4. The van der Waals surface area contributed by atoms with Crippen molar-refractivity contribution >= 4 is 16.0 Å². The molecule has 0 aliphatic heterocycles. The molecule has 0 aliphatic rings. The summed E-state index contributed by atoms with van der Waals surface area (Å²) in [5.41, 5.74) is 3.07. The highest BCUT2D eigenvalue weighted by Crippen LogP contribution is 2.26. The summed E-state index contributed by atoms with van der Waals surface area (Å²) in [7, 11) is -3.86. The number of hydrogen-bond donors (Lipinski definition) is 2. The molecule has 6 heteroatoms. The first-order chi connectivity index (χ1) is 9.61. The Morgan fingerprint density at radius 3 is 2.05 bits per heavy atom. The molecule has 1 aromatic carbocycles. The number of rotatable bonds is 6. The summed E-state index contributed by atoms with van der Waals surface area (Å²) in [6, 6.07) is 0.837. The van der Waals surface area contributed by atoms with Crippen molar-refractivity contribution in [2.45, 2.75) is 58.4 Å². The lowest BCUT2D eigenvalue weighted by Gasteiger charge is -2.19. The second-order valence-corrected chi connectivity index (χ2v) is 7.04. The van der Waals surface area contributed by atoms with Gasteiger partial charge in [0.1, 0.15) is 6.04 Å². The summed E-state index contributed by atoms with van der Waals surface area (Å²) in [6.45, 7) is 9.00. The minimum atomic E-state index is -3.86. The fourth-order valence-electron chi connectivity index (χ4n) is 2.35. The lowest BCUT2D eigenvalue weighted by atomic mass is 10.0. The maximum absolute atomic E-state index is 12.6. The van der Waals surface area contributed by atoms with Crippen molar-refractivity contribution in [3.8, 4) is 0 Å². The highest BCUT2D eigenvalue weighted by Gasteiger charge is 2.28. The van der Waals surface area contributed by atoms with Crippen LogP contribution in [0.15, 0.2) is 11.0 Å². The molecule has 0 heterocycles. The van der Waals surface area contributed by atoms with E-state index in [2.05, 4.69) is 4.72 Å². The van der Waals surface area contributed by atoms with Gasteiger partial charge in [0.2, 0.25) is 10.0 Å². The van der Waals surface area contributed by atoms with Crippen LogP contribution in [-0.4, -0.2) is 25.5 Å². The Balaban J connectivity index is 3.35. The molecule has 1 atom stereocenters. The minimum Gasteiger partial charge on any atom is -0.480 e. The van der Waals surface area contributed by atoms with Crippen LogP contribution in [0.4, 0.5) is 0 Å². The molecular formula is C15H23NO4S. The molecule has 0 aliphatic carbocycles. The van der Waals surface area contributed by atoms with E-state index in [4.69, 9.17) is 5.11 Å². The second-order valence-electron chi connectivity index (χ2n) is 5.39. The monoisotopic (exact) mass is 313 g/mol. The molecule has 0 saturated heterocycles.